The highest BCUT2D eigenvalue weighted by molar-refractivity contribution is 7.93. The summed E-state index contributed by atoms with van der Waals surface area (Å²) in [5.41, 5.74) is 1.23. The Hall–Kier alpha value is -2.72. The number of aromatic nitrogens is 2. The predicted octanol–water partition coefficient (Wildman–Crippen LogP) is 4.09. The van der Waals surface area contributed by atoms with E-state index >= 15 is 0 Å². The van der Waals surface area contributed by atoms with Crippen LogP contribution in [0.15, 0.2) is 41.3 Å². The summed E-state index contributed by atoms with van der Waals surface area (Å²) >= 11 is 6.18. The lowest BCUT2D eigenvalue weighted by molar-refractivity contribution is -0.143. The Bertz CT molecular complexity index is 1360. The lowest BCUT2D eigenvalue weighted by Gasteiger charge is -2.24. The van der Waals surface area contributed by atoms with Crippen LogP contribution in [0.1, 0.15) is 36.7 Å². The molecule has 1 unspecified atom stereocenters. The van der Waals surface area contributed by atoms with Gasteiger partial charge in [-0.2, -0.15) is 8.78 Å². The molecule has 0 N–H and O–H groups in total. The monoisotopic (exact) mass is 482 g/mol. The molecule has 1 aromatic heterocycles. The van der Waals surface area contributed by atoms with Crippen molar-refractivity contribution < 1.29 is 31.5 Å². The maximum absolute atomic E-state index is 13.6. The van der Waals surface area contributed by atoms with Gasteiger partial charge in [0.05, 0.1) is 28.6 Å². The van der Waals surface area contributed by atoms with Crippen molar-refractivity contribution in [2.75, 3.05) is 6.61 Å². The molecule has 168 valence electrons. The van der Waals surface area contributed by atoms with Gasteiger partial charge in [0, 0.05) is 16.5 Å². The topological polar surface area (TPSA) is 87.5 Å². The molecule has 0 aliphatic carbocycles. The number of hydrogen-bond donors (Lipinski definition) is 0. The van der Waals surface area contributed by atoms with Gasteiger partial charge in [-0.05, 0) is 43.7 Å². The van der Waals surface area contributed by atoms with Gasteiger partial charge in [0.2, 0.25) is 0 Å². The lowest BCUT2D eigenvalue weighted by Crippen LogP contribution is -2.37. The second-order valence-electron chi connectivity index (χ2n) is 7.60. The van der Waals surface area contributed by atoms with Gasteiger partial charge in [0.1, 0.15) is 11.6 Å². The summed E-state index contributed by atoms with van der Waals surface area (Å²) in [5, 5.41) is -1.13. The van der Waals surface area contributed by atoms with Gasteiger partial charge in [-0.25, -0.2) is 13.4 Å². The van der Waals surface area contributed by atoms with E-state index in [0.29, 0.717) is 21.9 Å². The van der Waals surface area contributed by atoms with Crippen LogP contribution in [0.25, 0.3) is 11.0 Å². The summed E-state index contributed by atoms with van der Waals surface area (Å²) < 4.78 is 65.3. The van der Waals surface area contributed by atoms with Crippen LogP contribution >= 0.6 is 11.6 Å². The zero-order valence-corrected chi connectivity index (χ0v) is 18.2. The summed E-state index contributed by atoms with van der Waals surface area (Å²) in [6.07, 6.45) is 0.157. The van der Waals surface area contributed by atoms with E-state index in [1.165, 1.54) is 18.2 Å². The van der Waals surface area contributed by atoms with Crippen molar-refractivity contribution in [1.29, 1.82) is 0 Å². The number of rotatable bonds is 4. The highest BCUT2D eigenvalue weighted by Crippen LogP contribution is 2.53. The van der Waals surface area contributed by atoms with Crippen molar-refractivity contribution in [3.8, 4) is 5.75 Å². The lowest BCUT2D eigenvalue weighted by atomic mass is 9.95. The molecule has 5 rings (SSSR count). The van der Waals surface area contributed by atoms with Gasteiger partial charge < -0.3 is 14.0 Å². The van der Waals surface area contributed by atoms with Gasteiger partial charge in [0.15, 0.2) is 15.1 Å². The van der Waals surface area contributed by atoms with Gasteiger partial charge in [-0.1, -0.05) is 17.7 Å². The number of halogens is 3. The molecule has 0 radical (unpaired) electrons. The minimum absolute atomic E-state index is 0.00554. The average Bonchev–Trinajstić information content (AvgIpc) is 3.22. The van der Waals surface area contributed by atoms with E-state index in [1.807, 2.05) is 0 Å². The summed E-state index contributed by atoms with van der Waals surface area (Å²) in [6, 6.07) is 8.23. The first-order chi connectivity index (χ1) is 15.2. The summed E-state index contributed by atoms with van der Waals surface area (Å²) in [6.45, 7) is -1.58. The number of hydrogen-bond acceptors (Lipinski definition) is 6. The van der Waals surface area contributed by atoms with Crippen molar-refractivity contribution in [3.63, 3.8) is 0 Å². The summed E-state index contributed by atoms with van der Waals surface area (Å²) in [7, 11) is -4.30. The van der Waals surface area contributed by atoms with Gasteiger partial charge in [-0.3, -0.25) is 4.79 Å². The van der Waals surface area contributed by atoms with Crippen LogP contribution in [0, 0.1) is 0 Å². The number of ether oxygens (including phenoxy) is 2. The Balaban J connectivity index is 1.86. The summed E-state index contributed by atoms with van der Waals surface area (Å²) in [5.74, 6) is -1.62. The largest absolute Gasteiger partial charge is 0.465 e. The molecular weight excluding hydrogens is 466 g/mol. The number of carbonyl (C=O) groups excluding carboxylic acids is 1. The van der Waals surface area contributed by atoms with Crippen molar-refractivity contribution in [2.24, 2.45) is 0 Å². The first-order valence-electron chi connectivity index (χ1n) is 9.89. The van der Waals surface area contributed by atoms with Crippen molar-refractivity contribution in [2.45, 2.75) is 42.1 Å². The molecule has 0 amide bonds. The fourth-order valence-electron chi connectivity index (χ4n) is 4.80. The van der Waals surface area contributed by atoms with E-state index in [-0.39, 0.29) is 29.2 Å². The van der Waals surface area contributed by atoms with Crippen LogP contribution in [0.2, 0.25) is 5.02 Å². The second-order valence-corrected chi connectivity index (χ2v) is 10.1. The molecule has 11 heteroatoms. The molecule has 2 aromatic carbocycles. The minimum Gasteiger partial charge on any atom is -0.465 e. The Kier molecular flexibility index (Phi) is 4.90. The maximum Gasteiger partial charge on any atom is 0.387 e. The SMILES string of the molecule is CCOC(=O)C1[C@H]2C[C@H](c3c(OC(F)F)cccc3S1(=O)=O)n1c2nc2ccc(Cl)cc21. The molecule has 3 atom stereocenters. The molecule has 2 aliphatic rings. The van der Waals surface area contributed by atoms with Crippen molar-refractivity contribution >= 4 is 38.4 Å². The molecule has 2 aliphatic heterocycles. The number of nitrogens with zero attached hydrogens (tertiary/aromatic N) is 2. The molecule has 32 heavy (non-hydrogen) atoms. The first kappa shape index (κ1) is 21.1. The second kappa shape index (κ2) is 7.41. The highest BCUT2D eigenvalue weighted by Gasteiger charge is 2.54. The van der Waals surface area contributed by atoms with Crippen molar-refractivity contribution in [3.05, 3.63) is 52.8 Å². The Morgan fingerprint density at radius 3 is 2.81 bits per heavy atom. The van der Waals surface area contributed by atoms with Crippen LogP contribution in [0.3, 0.4) is 0 Å². The number of benzene rings is 2. The number of carbonyl (C=O) groups is 1. The number of sulfone groups is 1. The predicted molar refractivity (Wildman–Crippen MR) is 111 cm³/mol. The molecule has 2 bridgehead atoms. The van der Waals surface area contributed by atoms with Gasteiger partial charge in [0.25, 0.3) is 0 Å². The molecule has 0 saturated heterocycles. The van der Waals surface area contributed by atoms with E-state index < -0.39 is 39.6 Å². The van der Waals surface area contributed by atoms with Crippen LogP contribution in [0.4, 0.5) is 8.78 Å². The zero-order chi connectivity index (χ0) is 22.8. The third kappa shape index (κ3) is 3.00. The van der Waals surface area contributed by atoms with Gasteiger partial charge >= 0.3 is 12.6 Å². The van der Waals surface area contributed by atoms with Crippen LogP contribution in [0.5, 0.6) is 5.75 Å². The third-order valence-corrected chi connectivity index (χ3v) is 8.29. The standard InChI is InChI=1S/C21H17ClF2N2O5S/c1-2-30-20(27)18-11-9-14(26-13-8-10(22)6-7-12(13)25-19(11)26)17-15(31-21(23)24)4-3-5-16(17)32(18,28)29/h3-8,11,14,18,21H,2,9H2,1H3/t11-,14-,18?/m1/s1. The molecular formula is C21H17ClF2N2O5S. The fraction of sp³-hybridized carbons (Fsp3) is 0.333. The minimum atomic E-state index is -4.30. The molecule has 0 fully saturated rings. The van der Waals surface area contributed by atoms with E-state index in [4.69, 9.17) is 21.1 Å². The molecule has 7 nitrogen and oxygen atoms in total. The van der Waals surface area contributed by atoms with Crippen LogP contribution < -0.4 is 4.74 Å². The smallest absolute Gasteiger partial charge is 0.387 e. The van der Waals surface area contributed by atoms with E-state index in [2.05, 4.69) is 4.98 Å². The Morgan fingerprint density at radius 2 is 2.09 bits per heavy atom. The quantitative estimate of drug-likeness (QED) is 0.521. The number of fused-ring (bicyclic) bond motifs is 9. The van der Waals surface area contributed by atoms with Crippen LogP contribution in [-0.4, -0.2) is 42.4 Å². The maximum atomic E-state index is 13.6. The normalized spacial score (nSPS) is 23.0. The molecule has 0 saturated carbocycles. The Morgan fingerprint density at radius 1 is 1.31 bits per heavy atom. The molecule has 3 heterocycles. The third-order valence-electron chi connectivity index (χ3n) is 5.90. The average molecular weight is 483 g/mol. The number of esters is 1. The van der Waals surface area contributed by atoms with Crippen LogP contribution in [-0.2, 0) is 19.4 Å². The number of alkyl halides is 2. The van der Waals surface area contributed by atoms with E-state index in [1.54, 1.807) is 29.7 Å². The molecule has 3 aromatic rings. The van der Waals surface area contributed by atoms with E-state index in [0.717, 1.165) is 0 Å². The molecule has 0 spiro atoms. The first-order valence-corrected chi connectivity index (χ1v) is 11.8. The van der Waals surface area contributed by atoms with Gasteiger partial charge in [-0.15, -0.1) is 0 Å². The number of imidazole rings is 1. The highest BCUT2D eigenvalue weighted by atomic mass is 35.5. The van der Waals surface area contributed by atoms with E-state index in [9.17, 15) is 22.0 Å². The zero-order valence-electron chi connectivity index (χ0n) is 16.7. The van der Waals surface area contributed by atoms with Crippen molar-refractivity contribution in [1.82, 2.24) is 9.55 Å². The fourth-order valence-corrected chi connectivity index (χ4v) is 7.04. The summed E-state index contributed by atoms with van der Waals surface area (Å²) in [4.78, 5) is 17.3. The Labute approximate surface area is 186 Å².